The predicted molar refractivity (Wildman–Crippen MR) is 79.9 cm³/mol. The van der Waals surface area contributed by atoms with E-state index >= 15 is 0 Å². The smallest absolute Gasteiger partial charge is 0.133 e. The number of nitrogens with one attached hydrogen (secondary N) is 1. The lowest BCUT2D eigenvalue weighted by molar-refractivity contribution is 0.0607. The molecule has 4 nitrogen and oxygen atoms in total. The van der Waals surface area contributed by atoms with E-state index in [1.807, 2.05) is 0 Å². The van der Waals surface area contributed by atoms with Gasteiger partial charge in [0.05, 0.1) is 0 Å². The van der Waals surface area contributed by atoms with Gasteiger partial charge in [0.2, 0.25) is 0 Å². The maximum atomic E-state index is 4.52. The highest BCUT2D eigenvalue weighted by Crippen LogP contribution is 2.34. The van der Waals surface area contributed by atoms with E-state index in [0.717, 1.165) is 30.7 Å². The summed E-state index contributed by atoms with van der Waals surface area (Å²) in [5.74, 6) is 1.13. The first kappa shape index (κ1) is 12.6. The fourth-order valence-electron chi connectivity index (χ4n) is 4.41. The molecule has 1 N–H and O–H groups in total. The van der Waals surface area contributed by atoms with Gasteiger partial charge in [-0.2, -0.15) is 0 Å². The van der Waals surface area contributed by atoms with E-state index in [1.165, 1.54) is 49.8 Å². The Bertz CT molecular complexity index is 487. The highest BCUT2D eigenvalue weighted by Gasteiger charge is 2.36. The van der Waals surface area contributed by atoms with Crippen molar-refractivity contribution in [2.45, 2.75) is 69.5 Å². The Labute approximate surface area is 121 Å². The van der Waals surface area contributed by atoms with Crippen molar-refractivity contribution in [3.8, 4) is 0 Å². The van der Waals surface area contributed by atoms with E-state index in [4.69, 9.17) is 0 Å². The molecule has 3 heterocycles. The summed E-state index contributed by atoms with van der Waals surface area (Å²) in [6, 6.07) is 2.14. The molecule has 2 saturated heterocycles. The van der Waals surface area contributed by atoms with Crippen LogP contribution < -0.4 is 5.32 Å². The summed E-state index contributed by atoms with van der Waals surface area (Å²) >= 11 is 0. The van der Waals surface area contributed by atoms with Crippen molar-refractivity contribution in [3.63, 3.8) is 0 Å². The molecule has 0 radical (unpaired) electrons. The summed E-state index contributed by atoms with van der Waals surface area (Å²) in [6.07, 6.45) is 11.9. The Balaban J connectivity index is 1.51. The van der Waals surface area contributed by atoms with Crippen LogP contribution in [0.25, 0.3) is 0 Å². The van der Waals surface area contributed by atoms with E-state index in [9.17, 15) is 0 Å². The molecule has 1 aliphatic carbocycles. The van der Waals surface area contributed by atoms with Crippen molar-refractivity contribution in [3.05, 3.63) is 17.6 Å². The molecular weight excluding hydrogens is 248 g/mol. The van der Waals surface area contributed by atoms with Crippen LogP contribution in [-0.4, -0.2) is 40.0 Å². The molecule has 2 aliphatic heterocycles. The molecule has 0 saturated carbocycles. The Morgan fingerprint density at radius 3 is 2.70 bits per heavy atom. The van der Waals surface area contributed by atoms with E-state index in [2.05, 4.69) is 27.2 Å². The minimum absolute atomic E-state index is 0.598. The van der Waals surface area contributed by atoms with Gasteiger partial charge in [0.15, 0.2) is 0 Å². The number of aromatic nitrogens is 2. The summed E-state index contributed by atoms with van der Waals surface area (Å²) in [7, 11) is 2.31. The molecule has 0 aromatic carbocycles. The van der Waals surface area contributed by atoms with E-state index < -0.39 is 0 Å². The fourth-order valence-corrected chi connectivity index (χ4v) is 4.41. The van der Waals surface area contributed by atoms with Crippen LogP contribution in [0.3, 0.4) is 0 Å². The maximum absolute atomic E-state index is 4.52. The van der Waals surface area contributed by atoms with Gasteiger partial charge in [-0.3, -0.25) is 0 Å². The Hall–Kier alpha value is -1.16. The molecule has 2 bridgehead atoms. The first-order valence-electron chi connectivity index (χ1n) is 8.12. The molecule has 0 spiro atoms. The van der Waals surface area contributed by atoms with E-state index in [0.29, 0.717) is 6.04 Å². The van der Waals surface area contributed by atoms with Gasteiger partial charge in [0, 0.05) is 29.4 Å². The number of rotatable bonds is 2. The van der Waals surface area contributed by atoms with Gasteiger partial charge < -0.3 is 10.2 Å². The monoisotopic (exact) mass is 272 g/mol. The number of fused-ring (bicyclic) bond motifs is 3. The standard InChI is InChI=1S/C16H24N4/c1-20-12-4-2-5-13(20)9-11(8-12)19-16-14-6-3-7-15(14)17-10-18-16/h10-13H,2-9H2,1H3,(H,17,18,19). The second-order valence-electron chi connectivity index (χ2n) is 6.72. The predicted octanol–water partition coefficient (Wildman–Crippen LogP) is 2.39. The molecule has 4 heteroatoms. The minimum Gasteiger partial charge on any atom is -0.367 e. The van der Waals surface area contributed by atoms with Crippen molar-refractivity contribution in [2.75, 3.05) is 12.4 Å². The maximum Gasteiger partial charge on any atom is 0.133 e. The SMILES string of the molecule is CN1C2CCCC1CC(Nc1ncnc3c1CCC3)C2. The zero-order valence-corrected chi connectivity index (χ0v) is 12.3. The number of hydrogen-bond donors (Lipinski definition) is 1. The van der Waals surface area contributed by atoms with Crippen LogP contribution in [0.4, 0.5) is 5.82 Å². The zero-order valence-electron chi connectivity index (χ0n) is 12.3. The van der Waals surface area contributed by atoms with Crippen LogP contribution in [0.15, 0.2) is 6.33 Å². The molecule has 3 aliphatic rings. The third-order valence-electron chi connectivity index (χ3n) is 5.56. The molecule has 108 valence electrons. The van der Waals surface area contributed by atoms with Gasteiger partial charge in [-0.05, 0) is 52.0 Å². The van der Waals surface area contributed by atoms with Gasteiger partial charge >= 0.3 is 0 Å². The van der Waals surface area contributed by atoms with Crippen molar-refractivity contribution in [2.24, 2.45) is 0 Å². The largest absolute Gasteiger partial charge is 0.367 e. The lowest BCUT2D eigenvalue weighted by Crippen LogP contribution is -2.52. The first-order chi connectivity index (χ1) is 9.81. The van der Waals surface area contributed by atoms with Gasteiger partial charge in [0.1, 0.15) is 12.1 Å². The number of anilines is 1. The Kier molecular flexibility index (Phi) is 3.14. The van der Waals surface area contributed by atoms with Crippen LogP contribution in [0, 0.1) is 0 Å². The quantitative estimate of drug-likeness (QED) is 0.897. The molecular formula is C16H24N4. The number of hydrogen-bond acceptors (Lipinski definition) is 4. The second kappa shape index (κ2) is 4.99. The topological polar surface area (TPSA) is 41.0 Å². The molecule has 2 atom stereocenters. The number of aryl methyl sites for hydroxylation is 1. The average Bonchev–Trinajstić information content (AvgIpc) is 2.89. The van der Waals surface area contributed by atoms with Gasteiger partial charge in [-0.25, -0.2) is 9.97 Å². The summed E-state index contributed by atoms with van der Waals surface area (Å²) in [4.78, 5) is 11.6. The van der Waals surface area contributed by atoms with Gasteiger partial charge in [0.25, 0.3) is 0 Å². The van der Waals surface area contributed by atoms with Crippen LogP contribution in [0.2, 0.25) is 0 Å². The van der Waals surface area contributed by atoms with Crippen molar-refractivity contribution < 1.29 is 0 Å². The second-order valence-corrected chi connectivity index (χ2v) is 6.72. The highest BCUT2D eigenvalue weighted by molar-refractivity contribution is 5.48. The third-order valence-corrected chi connectivity index (χ3v) is 5.56. The van der Waals surface area contributed by atoms with E-state index in [1.54, 1.807) is 6.33 Å². The number of nitrogens with zero attached hydrogens (tertiary/aromatic N) is 3. The lowest BCUT2D eigenvalue weighted by atomic mass is 9.82. The summed E-state index contributed by atoms with van der Waals surface area (Å²) in [6.45, 7) is 0. The molecule has 1 aromatic heterocycles. The van der Waals surface area contributed by atoms with Gasteiger partial charge in [-0.15, -0.1) is 0 Å². The van der Waals surface area contributed by atoms with Crippen LogP contribution in [-0.2, 0) is 12.8 Å². The Morgan fingerprint density at radius 2 is 1.90 bits per heavy atom. The zero-order chi connectivity index (χ0) is 13.5. The molecule has 20 heavy (non-hydrogen) atoms. The summed E-state index contributed by atoms with van der Waals surface area (Å²) in [5, 5.41) is 3.75. The van der Waals surface area contributed by atoms with Crippen LogP contribution in [0.1, 0.15) is 49.8 Å². The first-order valence-corrected chi connectivity index (χ1v) is 8.12. The molecule has 2 fully saturated rings. The van der Waals surface area contributed by atoms with Crippen LogP contribution in [0.5, 0.6) is 0 Å². The van der Waals surface area contributed by atoms with E-state index in [-0.39, 0.29) is 0 Å². The van der Waals surface area contributed by atoms with Gasteiger partial charge in [-0.1, -0.05) is 6.42 Å². The van der Waals surface area contributed by atoms with Crippen molar-refractivity contribution in [1.82, 2.24) is 14.9 Å². The Morgan fingerprint density at radius 1 is 1.10 bits per heavy atom. The summed E-state index contributed by atoms with van der Waals surface area (Å²) < 4.78 is 0. The molecule has 2 unspecified atom stereocenters. The lowest BCUT2D eigenvalue weighted by Gasteiger charge is -2.47. The molecule has 0 amide bonds. The minimum atomic E-state index is 0.598. The highest BCUT2D eigenvalue weighted by atomic mass is 15.2. The normalized spacial score (nSPS) is 33.0. The fraction of sp³-hybridized carbons (Fsp3) is 0.750. The molecule has 4 rings (SSSR count). The van der Waals surface area contributed by atoms with Crippen molar-refractivity contribution >= 4 is 5.82 Å². The van der Waals surface area contributed by atoms with Crippen LogP contribution >= 0.6 is 0 Å². The number of piperidine rings is 2. The third kappa shape index (κ3) is 2.10. The van der Waals surface area contributed by atoms with Crippen molar-refractivity contribution in [1.29, 1.82) is 0 Å². The molecule has 1 aromatic rings. The summed E-state index contributed by atoms with van der Waals surface area (Å²) in [5.41, 5.74) is 2.66. The average molecular weight is 272 g/mol.